The SMILES string of the molecule is CC(c1cccc2c1C(=O)NS2(=O)=O)C(F)(F)F. The molecule has 0 fully saturated rings. The number of amides is 1. The van der Waals surface area contributed by atoms with E-state index < -0.39 is 38.5 Å². The van der Waals surface area contributed by atoms with Gasteiger partial charge in [0.2, 0.25) is 0 Å². The topological polar surface area (TPSA) is 63.2 Å². The monoisotopic (exact) mass is 279 g/mol. The third-order valence-corrected chi connectivity index (χ3v) is 4.13. The van der Waals surface area contributed by atoms with Crippen LogP contribution in [0.4, 0.5) is 13.2 Å². The minimum Gasteiger partial charge on any atom is -0.268 e. The molecule has 0 aromatic heterocycles. The van der Waals surface area contributed by atoms with Crippen molar-refractivity contribution in [2.24, 2.45) is 0 Å². The van der Waals surface area contributed by atoms with Crippen LogP contribution in [-0.2, 0) is 10.0 Å². The van der Waals surface area contributed by atoms with Gasteiger partial charge in [0.1, 0.15) is 4.90 Å². The van der Waals surface area contributed by atoms with Gasteiger partial charge in [-0.15, -0.1) is 0 Å². The Morgan fingerprint density at radius 3 is 2.44 bits per heavy atom. The van der Waals surface area contributed by atoms with E-state index in [0.717, 1.165) is 19.1 Å². The smallest absolute Gasteiger partial charge is 0.268 e. The number of halogens is 3. The lowest BCUT2D eigenvalue weighted by atomic mass is 9.95. The molecule has 1 unspecified atom stereocenters. The average Bonchev–Trinajstić information content (AvgIpc) is 2.47. The number of sulfonamides is 1. The van der Waals surface area contributed by atoms with Gasteiger partial charge in [-0.1, -0.05) is 12.1 Å². The van der Waals surface area contributed by atoms with E-state index in [1.165, 1.54) is 6.07 Å². The lowest BCUT2D eigenvalue weighted by molar-refractivity contribution is -0.146. The van der Waals surface area contributed by atoms with Crippen LogP contribution in [0, 0.1) is 0 Å². The highest BCUT2D eigenvalue weighted by Gasteiger charge is 2.43. The highest BCUT2D eigenvalue weighted by molar-refractivity contribution is 7.90. The standard InChI is InChI=1S/C10H8F3NO3S/c1-5(10(11,12)13)6-3-2-4-7-8(6)9(15)14-18(7,16)17/h2-5H,1H3,(H,14,15). The Morgan fingerprint density at radius 1 is 1.28 bits per heavy atom. The molecular formula is C10H8F3NO3S. The summed E-state index contributed by atoms with van der Waals surface area (Å²) in [6.07, 6.45) is -4.54. The van der Waals surface area contributed by atoms with Crippen LogP contribution in [0.2, 0.25) is 0 Å². The maximum atomic E-state index is 12.6. The Hall–Kier alpha value is -1.57. The molecule has 18 heavy (non-hydrogen) atoms. The number of nitrogens with one attached hydrogen (secondary N) is 1. The molecule has 1 amide bonds. The molecule has 2 rings (SSSR count). The molecule has 1 N–H and O–H groups in total. The first-order valence-electron chi connectivity index (χ1n) is 4.91. The fraction of sp³-hybridized carbons (Fsp3) is 0.300. The van der Waals surface area contributed by atoms with Gasteiger partial charge in [-0.3, -0.25) is 4.79 Å². The van der Waals surface area contributed by atoms with Gasteiger partial charge >= 0.3 is 6.18 Å². The molecule has 1 heterocycles. The molecule has 8 heteroatoms. The summed E-state index contributed by atoms with van der Waals surface area (Å²) in [7, 11) is -4.02. The first-order chi connectivity index (χ1) is 8.14. The molecule has 0 saturated carbocycles. The van der Waals surface area contributed by atoms with Crippen molar-refractivity contribution >= 4 is 15.9 Å². The van der Waals surface area contributed by atoms with Crippen molar-refractivity contribution in [1.82, 2.24) is 4.72 Å². The molecule has 0 aliphatic carbocycles. The number of hydrogen-bond donors (Lipinski definition) is 1. The van der Waals surface area contributed by atoms with Gasteiger partial charge in [0, 0.05) is 0 Å². The Kier molecular flexibility index (Phi) is 2.65. The zero-order chi connectivity index (χ0) is 13.7. The van der Waals surface area contributed by atoms with Gasteiger partial charge in [0.05, 0.1) is 11.5 Å². The number of carbonyl (C=O) groups is 1. The number of rotatable bonds is 1. The Bertz CT molecular complexity index is 622. The molecule has 98 valence electrons. The summed E-state index contributed by atoms with van der Waals surface area (Å²) in [5.41, 5.74) is -0.749. The van der Waals surface area contributed by atoms with E-state index in [4.69, 9.17) is 0 Å². The summed E-state index contributed by atoms with van der Waals surface area (Å²) in [5.74, 6) is -2.93. The van der Waals surface area contributed by atoms with Gasteiger partial charge in [-0.2, -0.15) is 13.2 Å². The van der Waals surface area contributed by atoms with E-state index in [9.17, 15) is 26.4 Å². The van der Waals surface area contributed by atoms with Gasteiger partial charge in [0.25, 0.3) is 15.9 Å². The lowest BCUT2D eigenvalue weighted by Crippen LogP contribution is -2.23. The summed E-state index contributed by atoms with van der Waals surface area (Å²) in [5, 5.41) is 0. The molecule has 1 atom stereocenters. The number of alkyl halides is 3. The Balaban J connectivity index is 2.68. The van der Waals surface area contributed by atoms with E-state index in [1.54, 1.807) is 4.72 Å². The predicted molar refractivity (Wildman–Crippen MR) is 55.6 cm³/mol. The second-order valence-corrected chi connectivity index (χ2v) is 5.57. The van der Waals surface area contributed by atoms with E-state index >= 15 is 0 Å². The molecule has 0 saturated heterocycles. The first kappa shape index (κ1) is 12.9. The third kappa shape index (κ3) is 1.86. The zero-order valence-corrected chi connectivity index (χ0v) is 9.89. The summed E-state index contributed by atoms with van der Waals surface area (Å²) in [4.78, 5) is 11.1. The van der Waals surface area contributed by atoms with Crippen molar-refractivity contribution in [3.05, 3.63) is 29.3 Å². The van der Waals surface area contributed by atoms with E-state index in [1.807, 2.05) is 0 Å². The zero-order valence-electron chi connectivity index (χ0n) is 9.08. The summed E-state index contributed by atoms with van der Waals surface area (Å²) >= 11 is 0. The first-order valence-corrected chi connectivity index (χ1v) is 6.39. The minimum absolute atomic E-state index is 0.335. The van der Waals surface area contributed by atoms with Crippen LogP contribution in [0.1, 0.15) is 28.8 Å². The summed E-state index contributed by atoms with van der Waals surface area (Å²) in [6, 6.07) is 3.40. The third-order valence-electron chi connectivity index (χ3n) is 2.76. The van der Waals surface area contributed by atoms with E-state index in [-0.39, 0.29) is 5.56 Å². The van der Waals surface area contributed by atoms with Crippen LogP contribution >= 0.6 is 0 Å². The molecule has 0 spiro atoms. The highest BCUT2D eigenvalue weighted by atomic mass is 32.2. The van der Waals surface area contributed by atoms with Crippen molar-refractivity contribution in [3.8, 4) is 0 Å². The number of carbonyl (C=O) groups excluding carboxylic acids is 1. The second-order valence-electron chi connectivity index (χ2n) is 3.92. The largest absolute Gasteiger partial charge is 0.395 e. The second kappa shape index (κ2) is 3.71. The maximum Gasteiger partial charge on any atom is 0.395 e. The minimum atomic E-state index is -4.54. The molecule has 1 aromatic rings. The van der Waals surface area contributed by atoms with Crippen molar-refractivity contribution in [3.63, 3.8) is 0 Å². The predicted octanol–water partition coefficient (Wildman–Crippen LogP) is 1.78. The molecule has 1 aliphatic rings. The average molecular weight is 279 g/mol. The lowest BCUT2D eigenvalue weighted by Gasteiger charge is -2.17. The van der Waals surface area contributed by atoms with Crippen LogP contribution < -0.4 is 4.72 Å². The molecule has 1 aliphatic heterocycles. The van der Waals surface area contributed by atoms with Crippen LogP contribution in [0.5, 0.6) is 0 Å². The summed E-state index contributed by atoms with van der Waals surface area (Å²) < 4.78 is 62.5. The van der Waals surface area contributed by atoms with Crippen molar-refractivity contribution < 1.29 is 26.4 Å². The molecule has 0 radical (unpaired) electrons. The molecule has 4 nitrogen and oxygen atoms in total. The van der Waals surface area contributed by atoms with Crippen molar-refractivity contribution in [2.45, 2.75) is 23.9 Å². The molecular weight excluding hydrogens is 271 g/mol. The fourth-order valence-electron chi connectivity index (χ4n) is 1.78. The maximum absolute atomic E-state index is 12.6. The van der Waals surface area contributed by atoms with Gasteiger partial charge in [-0.05, 0) is 18.6 Å². The molecule has 0 bridgehead atoms. The fourth-order valence-corrected chi connectivity index (χ4v) is 2.97. The van der Waals surface area contributed by atoms with E-state index in [0.29, 0.717) is 0 Å². The highest BCUT2D eigenvalue weighted by Crippen LogP contribution is 2.38. The quantitative estimate of drug-likeness (QED) is 0.852. The van der Waals surface area contributed by atoms with Crippen LogP contribution in [0.3, 0.4) is 0 Å². The molecule has 1 aromatic carbocycles. The van der Waals surface area contributed by atoms with Crippen LogP contribution in [0.15, 0.2) is 23.1 Å². The normalized spacial score (nSPS) is 19.2. The van der Waals surface area contributed by atoms with Crippen molar-refractivity contribution in [1.29, 1.82) is 0 Å². The van der Waals surface area contributed by atoms with Gasteiger partial charge in [-0.25, -0.2) is 13.1 Å². The van der Waals surface area contributed by atoms with E-state index in [2.05, 4.69) is 0 Å². The Morgan fingerprint density at radius 2 is 1.89 bits per heavy atom. The summed E-state index contributed by atoms with van der Waals surface area (Å²) in [6.45, 7) is 0.883. The Labute approximate surface area is 101 Å². The number of hydrogen-bond acceptors (Lipinski definition) is 3. The van der Waals surface area contributed by atoms with Gasteiger partial charge in [0.15, 0.2) is 0 Å². The van der Waals surface area contributed by atoms with Crippen LogP contribution in [0.25, 0.3) is 0 Å². The van der Waals surface area contributed by atoms with Crippen molar-refractivity contribution in [2.75, 3.05) is 0 Å². The van der Waals surface area contributed by atoms with Gasteiger partial charge < -0.3 is 0 Å². The number of benzene rings is 1. The van der Waals surface area contributed by atoms with Crippen LogP contribution in [-0.4, -0.2) is 20.5 Å². The number of fused-ring (bicyclic) bond motifs is 1.